The number of para-hydroxylation sites is 1. The first-order valence-corrected chi connectivity index (χ1v) is 7.16. The highest BCUT2D eigenvalue weighted by atomic mass is 35.5. The van der Waals surface area contributed by atoms with Gasteiger partial charge < -0.3 is 15.5 Å². The lowest BCUT2D eigenvalue weighted by atomic mass is 10.1. The summed E-state index contributed by atoms with van der Waals surface area (Å²) in [5.74, 6) is 0.144. The molecule has 0 aliphatic carbocycles. The van der Waals surface area contributed by atoms with Crippen molar-refractivity contribution in [1.82, 2.24) is 10.6 Å². The van der Waals surface area contributed by atoms with E-state index in [4.69, 9.17) is 0 Å². The Morgan fingerprint density at radius 2 is 2.14 bits per heavy atom. The lowest BCUT2D eigenvalue weighted by Gasteiger charge is -2.25. The first-order chi connectivity index (χ1) is 9.33. The van der Waals surface area contributed by atoms with Gasteiger partial charge in [0.15, 0.2) is 0 Å². The third-order valence-electron chi connectivity index (χ3n) is 3.98. The Labute approximate surface area is 138 Å². The van der Waals surface area contributed by atoms with Crippen LogP contribution in [0.1, 0.15) is 18.4 Å². The van der Waals surface area contributed by atoms with Crippen molar-refractivity contribution in [2.75, 3.05) is 31.1 Å². The summed E-state index contributed by atoms with van der Waals surface area (Å²) in [4.78, 5) is 14.3. The molecule has 4 nitrogen and oxygen atoms in total. The highest BCUT2D eigenvalue weighted by Crippen LogP contribution is 2.26. The van der Waals surface area contributed by atoms with Crippen LogP contribution in [0.25, 0.3) is 0 Å². The van der Waals surface area contributed by atoms with Crippen LogP contribution in [0.15, 0.2) is 24.3 Å². The van der Waals surface area contributed by atoms with Gasteiger partial charge in [0.1, 0.15) is 0 Å². The molecular weight excluding hydrogens is 309 g/mol. The Hall–Kier alpha value is -0.970. The molecule has 21 heavy (non-hydrogen) atoms. The fourth-order valence-corrected chi connectivity index (χ4v) is 2.99. The Morgan fingerprint density at radius 3 is 2.90 bits per heavy atom. The average Bonchev–Trinajstić information content (AvgIpc) is 2.83. The molecule has 118 valence electrons. The van der Waals surface area contributed by atoms with Crippen LogP contribution in [0.2, 0.25) is 0 Å². The van der Waals surface area contributed by atoms with E-state index in [0.29, 0.717) is 12.6 Å². The Morgan fingerprint density at radius 1 is 1.33 bits per heavy atom. The third-order valence-corrected chi connectivity index (χ3v) is 3.98. The number of anilines is 1. The van der Waals surface area contributed by atoms with Crippen LogP contribution in [0.4, 0.5) is 5.69 Å². The summed E-state index contributed by atoms with van der Waals surface area (Å²) in [6.45, 7) is 3.41. The summed E-state index contributed by atoms with van der Waals surface area (Å²) < 4.78 is 0. The van der Waals surface area contributed by atoms with Gasteiger partial charge in [-0.3, -0.25) is 4.79 Å². The van der Waals surface area contributed by atoms with E-state index in [0.717, 1.165) is 38.9 Å². The molecule has 1 fully saturated rings. The van der Waals surface area contributed by atoms with Crippen molar-refractivity contribution in [2.45, 2.75) is 25.3 Å². The molecule has 0 unspecified atom stereocenters. The average molecular weight is 332 g/mol. The number of fused-ring (bicyclic) bond motifs is 1. The maximum Gasteiger partial charge on any atom is 0.239 e. The summed E-state index contributed by atoms with van der Waals surface area (Å²) in [5.41, 5.74) is 2.58. The molecule has 1 aromatic carbocycles. The molecule has 6 heteroatoms. The second-order valence-corrected chi connectivity index (χ2v) is 5.41. The fraction of sp³-hybridized carbons (Fsp3) is 0.533. The summed E-state index contributed by atoms with van der Waals surface area (Å²) >= 11 is 0. The smallest absolute Gasteiger partial charge is 0.239 e. The molecule has 1 amide bonds. The maximum absolute atomic E-state index is 12.1. The second kappa shape index (κ2) is 8.47. The molecule has 0 saturated carbocycles. The van der Waals surface area contributed by atoms with Crippen molar-refractivity contribution in [3.8, 4) is 0 Å². The Kier molecular flexibility index (Phi) is 7.29. The van der Waals surface area contributed by atoms with Gasteiger partial charge in [0, 0.05) is 24.8 Å². The first-order valence-electron chi connectivity index (χ1n) is 7.16. The van der Waals surface area contributed by atoms with E-state index in [-0.39, 0.29) is 30.7 Å². The zero-order chi connectivity index (χ0) is 13.1. The number of hydrogen-bond donors (Lipinski definition) is 2. The van der Waals surface area contributed by atoms with Gasteiger partial charge in [-0.1, -0.05) is 18.2 Å². The van der Waals surface area contributed by atoms with E-state index in [9.17, 15) is 4.79 Å². The minimum Gasteiger partial charge on any atom is -0.362 e. The van der Waals surface area contributed by atoms with Gasteiger partial charge in [0.2, 0.25) is 5.91 Å². The maximum atomic E-state index is 12.1. The molecule has 2 aliphatic rings. The Bertz CT molecular complexity index is 464. The number of rotatable bonds is 3. The second-order valence-electron chi connectivity index (χ2n) is 5.41. The standard InChI is InChI=1S/C15H21N3O.2ClH/c19-15(17-13-5-3-8-16-10-13)11-18-9-7-12-4-1-2-6-14(12)18;;/h1-2,4,6,13,16H,3,5,7-11H2,(H,17,19);2*1H/t13-;;/m0../s1. The van der Waals surface area contributed by atoms with Crippen molar-refractivity contribution in [3.63, 3.8) is 0 Å². The van der Waals surface area contributed by atoms with Crippen LogP contribution in [0.3, 0.4) is 0 Å². The summed E-state index contributed by atoms with van der Waals surface area (Å²) in [6.07, 6.45) is 3.29. The van der Waals surface area contributed by atoms with Crippen molar-refractivity contribution in [2.24, 2.45) is 0 Å². The SMILES string of the molecule is Cl.Cl.O=C(CN1CCc2ccccc21)N[C@H]1CCCNC1. The number of nitrogens with one attached hydrogen (secondary N) is 2. The van der Waals surface area contributed by atoms with E-state index in [2.05, 4.69) is 33.7 Å². The number of amides is 1. The van der Waals surface area contributed by atoms with Crippen molar-refractivity contribution >= 4 is 36.4 Å². The molecule has 1 atom stereocenters. The summed E-state index contributed by atoms with van der Waals surface area (Å²) in [7, 11) is 0. The molecule has 2 aliphatic heterocycles. The molecule has 2 heterocycles. The van der Waals surface area contributed by atoms with Crippen LogP contribution in [0.5, 0.6) is 0 Å². The largest absolute Gasteiger partial charge is 0.362 e. The van der Waals surface area contributed by atoms with Crippen LogP contribution in [-0.2, 0) is 11.2 Å². The van der Waals surface area contributed by atoms with Crippen LogP contribution >= 0.6 is 24.8 Å². The predicted octanol–water partition coefficient (Wildman–Crippen LogP) is 1.76. The molecule has 2 N–H and O–H groups in total. The molecule has 1 aromatic rings. The number of halogens is 2. The van der Waals surface area contributed by atoms with Gasteiger partial charge >= 0.3 is 0 Å². The minimum atomic E-state index is 0. The quantitative estimate of drug-likeness (QED) is 0.887. The predicted molar refractivity (Wildman–Crippen MR) is 90.9 cm³/mol. The first kappa shape index (κ1) is 18.1. The van der Waals surface area contributed by atoms with Crippen molar-refractivity contribution in [1.29, 1.82) is 0 Å². The lowest BCUT2D eigenvalue weighted by Crippen LogP contribution is -2.48. The molecule has 0 aromatic heterocycles. The van der Waals surface area contributed by atoms with Gasteiger partial charge in [-0.05, 0) is 37.4 Å². The van der Waals surface area contributed by atoms with Gasteiger partial charge in [-0.2, -0.15) is 0 Å². The number of carbonyl (C=O) groups is 1. The molecule has 3 rings (SSSR count). The highest BCUT2D eigenvalue weighted by molar-refractivity contribution is 5.85. The van der Waals surface area contributed by atoms with Crippen LogP contribution < -0.4 is 15.5 Å². The molecule has 0 radical (unpaired) electrons. The van der Waals surface area contributed by atoms with Crippen molar-refractivity contribution in [3.05, 3.63) is 29.8 Å². The summed E-state index contributed by atoms with van der Waals surface area (Å²) in [6, 6.07) is 8.67. The summed E-state index contributed by atoms with van der Waals surface area (Å²) in [5, 5.41) is 6.45. The molecule has 0 bridgehead atoms. The number of carbonyl (C=O) groups excluding carboxylic acids is 1. The number of piperidine rings is 1. The molecule has 1 saturated heterocycles. The number of hydrogen-bond acceptors (Lipinski definition) is 3. The third kappa shape index (κ3) is 4.50. The fourth-order valence-electron chi connectivity index (χ4n) is 2.99. The van der Waals surface area contributed by atoms with Gasteiger partial charge in [-0.25, -0.2) is 0 Å². The topological polar surface area (TPSA) is 44.4 Å². The number of benzene rings is 1. The highest BCUT2D eigenvalue weighted by Gasteiger charge is 2.22. The van der Waals surface area contributed by atoms with E-state index < -0.39 is 0 Å². The minimum absolute atomic E-state index is 0. The zero-order valence-electron chi connectivity index (χ0n) is 12.0. The monoisotopic (exact) mass is 331 g/mol. The van der Waals surface area contributed by atoms with E-state index in [1.807, 2.05) is 6.07 Å². The molecular formula is C15H23Cl2N3O. The van der Waals surface area contributed by atoms with Crippen LogP contribution in [-0.4, -0.2) is 38.1 Å². The van der Waals surface area contributed by atoms with E-state index >= 15 is 0 Å². The van der Waals surface area contributed by atoms with E-state index in [1.165, 1.54) is 11.3 Å². The van der Waals surface area contributed by atoms with E-state index in [1.54, 1.807) is 0 Å². The number of nitrogens with zero attached hydrogens (tertiary/aromatic N) is 1. The van der Waals surface area contributed by atoms with Gasteiger partial charge in [0.25, 0.3) is 0 Å². The lowest BCUT2D eigenvalue weighted by molar-refractivity contribution is -0.120. The van der Waals surface area contributed by atoms with Crippen molar-refractivity contribution < 1.29 is 4.79 Å². The van der Waals surface area contributed by atoms with Gasteiger partial charge in [-0.15, -0.1) is 24.8 Å². The Balaban J connectivity index is 0.00000110. The van der Waals surface area contributed by atoms with Gasteiger partial charge in [0.05, 0.1) is 6.54 Å². The molecule has 0 spiro atoms. The normalized spacial score (nSPS) is 20.0. The zero-order valence-corrected chi connectivity index (χ0v) is 13.6. The van der Waals surface area contributed by atoms with Crippen LogP contribution in [0, 0.1) is 0 Å².